The van der Waals surface area contributed by atoms with Crippen LogP contribution >= 0.6 is 0 Å². The fraction of sp³-hybridized carbons (Fsp3) is 0.583. The first kappa shape index (κ1) is 12.8. The van der Waals surface area contributed by atoms with Gasteiger partial charge in [0.2, 0.25) is 0 Å². The SMILES string of the molecule is CCC(N)c1c(C)nn(Cc2ncnn2C)c1C. The van der Waals surface area contributed by atoms with Gasteiger partial charge in [-0.3, -0.25) is 9.36 Å². The molecule has 2 heterocycles. The average Bonchev–Trinajstić information content (AvgIpc) is 2.85. The van der Waals surface area contributed by atoms with Gasteiger partial charge < -0.3 is 5.73 Å². The molecule has 0 radical (unpaired) electrons. The van der Waals surface area contributed by atoms with Crippen molar-refractivity contribution in [1.82, 2.24) is 24.5 Å². The van der Waals surface area contributed by atoms with E-state index in [1.807, 2.05) is 18.7 Å². The van der Waals surface area contributed by atoms with Gasteiger partial charge in [0.1, 0.15) is 18.7 Å². The number of nitrogens with zero attached hydrogens (tertiary/aromatic N) is 5. The monoisotopic (exact) mass is 248 g/mol. The number of rotatable bonds is 4. The average molecular weight is 248 g/mol. The summed E-state index contributed by atoms with van der Waals surface area (Å²) in [5, 5.41) is 8.61. The molecular weight excluding hydrogens is 228 g/mol. The van der Waals surface area contributed by atoms with Crippen LogP contribution in [0.2, 0.25) is 0 Å². The summed E-state index contributed by atoms with van der Waals surface area (Å²) in [5.74, 6) is 0.886. The van der Waals surface area contributed by atoms with E-state index in [0.29, 0.717) is 6.54 Å². The highest BCUT2D eigenvalue weighted by Crippen LogP contribution is 2.22. The molecule has 2 rings (SSSR count). The van der Waals surface area contributed by atoms with E-state index in [2.05, 4.69) is 29.0 Å². The van der Waals surface area contributed by atoms with Crippen molar-refractivity contribution in [3.8, 4) is 0 Å². The summed E-state index contributed by atoms with van der Waals surface area (Å²) in [6.45, 7) is 6.77. The first-order chi connectivity index (χ1) is 8.54. The van der Waals surface area contributed by atoms with Gasteiger partial charge in [-0.25, -0.2) is 4.98 Å². The van der Waals surface area contributed by atoms with Crippen molar-refractivity contribution < 1.29 is 0 Å². The Bertz CT molecular complexity index is 539. The van der Waals surface area contributed by atoms with E-state index in [-0.39, 0.29) is 6.04 Å². The van der Waals surface area contributed by atoms with Crippen LogP contribution in [0.5, 0.6) is 0 Å². The molecule has 1 atom stereocenters. The second-order valence-corrected chi connectivity index (χ2v) is 4.56. The molecule has 0 aliphatic carbocycles. The van der Waals surface area contributed by atoms with Crippen molar-refractivity contribution in [2.45, 2.75) is 39.8 Å². The summed E-state index contributed by atoms with van der Waals surface area (Å²) in [4.78, 5) is 4.22. The number of aryl methyl sites for hydroxylation is 2. The molecule has 0 bridgehead atoms. The topological polar surface area (TPSA) is 74.6 Å². The lowest BCUT2D eigenvalue weighted by molar-refractivity contribution is 0.590. The quantitative estimate of drug-likeness (QED) is 0.878. The van der Waals surface area contributed by atoms with Crippen molar-refractivity contribution in [3.63, 3.8) is 0 Å². The van der Waals surface area contributed by atoms with Gasteiger partial charge in [-0.2, -0.15) is 10.2 Å². The molecule has 0 amide bonds. The third-order valence-electron chi connectivity index (χ3n) is 3.34. The minimum atomic E-state index is 0.0539. The lowest BCUT2D eigenvalue weighted by atomic mass is 10.0. The normalized spacial score (nSPS) is 12.9. The van der Waals surface area contributed by atoms with E-state index in [1.165, 1.54) is 0 Å². The molecule has 2 N–H and O–H groups in total. The predicted octanol–water partition coefficient (Wildman–Crippen LogP) is 1.09. The fourth-order valence-electron chi connectivity index (χ4n) is 2.20. The lowest BCUT2D eigenvalue weighted by Crippen LogP contribution is -2.12. The van der Waals surface area contributed by atoms with E-state index in [4.69, 9.17) is 5.73 Å². The summed E-state index contributed by atoms with van der Waals surface area (Å²) < 4.78 is 3.71. The Morgan fingerprint density at radius 3 is 2.67 bits per heavy atom. The van der Waals surface area contributed by atoms with Crippen LogP contribution in [0.25, 0.3) is 0 Å². The van der Waals surface area contributed by atoms with Gasteiger partial charge in [-0.05, 0) is 20.3 Å². The smallest absolute Gasteiger partial charge is 0.148 e. The summed E-state index contributed by atoms with van der Waals surface area (Å²) >= 11 is 0. The maximum Gasteiger partial charge on any atom is 0.148 e. The highest BCUT2D eigenvalue weighted by Gasteiger charge is 2.17. The molecule has 6 heteroatoms. The third kappa shape index (κ3) is 2.15. The predicted molar refractivity (Wildman–Crippen MR) is 69.0 cm³/mol. The van der Waals surface area contributed by atoms with Crippen LogP contribution < -0.4 is 5.73 Å². The zero-order valence-electron chi connectivity index (χ0n) is 11.4. The van der Waals surface area contributed by atoms with Crippen molar-refractivity contribution in [3.05, 3.63) is 29.1 Å². The van der Waals surface area contributed by atoms with E-state index >= 15 is 0 Å². The van der Waals surface area contributed by atoms with Gasteiger partial charge in [0.05, 0.1) is 5.69 Å². The van der Waals surface area contributed by atoms with Crippen LogP contribution in [0.15, 0.2) is 6.33 Å². The summed E-state index contributed by atoms with van der Waals surface area (Å²) in [5.41, 5.74) is 9.40. The summed E-state index contributed by atoms with van der Waals surface area (Å²) in [7, 11) is 1.88. The zero-order chi connectivity index (χ0) is 13.3. The Labute approximate surface area is 107 Å². The second-order valence-electron chi connectivity index (χ2n) is 4.56. The fourth-order valence-corrected chi connectivity index (χ4v) is 2.20. The van der Waals surface area contributed by atoms with E-state index in [9.17, 15) is 0 Å². The lowest BCUT2D eigenvalue weighted by Gasteiger charge is -2.10. The molecule has 18 heavy (non-hydrogen) atoms. The second kappa shape index (κ2) is 4.89. The van der Waals surface area contributed by atoms with Crippen molar-refractivity contribution in [2.24, 2.45) is 12.8 Å². The first-order valence-corrected chi connectivity index (χ1v) is 6.17. The van der Waals surface area contributed by atoms with Crippen LogP contribution in [-0.4, -0.2) is 24.5 Å². The molecule has 0 fully saturated rings. The minimum absolute atomic E-state index is 0.0539. The Balaban J connectivity index is 2.33. The number of hydrogen-bond acceptors (Lipinski definition) is 4. The maximum atomic E-state index is 6.13. The van der Waals surface area contributed by atoms with Gasteiger partial charge in [-0.1, -0.05) is 6.92 Å². The number of hydrogen-bond donors (Lipinski definition) is 1. The van der Waals surface area contributed by atoms with Crippen molar-refractivity contribution >= 4 is 0 Å². The number of nitrogens with two attached hydrogens (primary N) is 1. The van der Waals surface area contributed by atoms with E-state index in [0.717, 1.165) is 29.2 Å². The zero-order valence-corrected chi connectivity index (χ0v) is 11.4. The Morgan fingerprint density at radius 2 is 2.11 bits per heavy atom. The van der Waals surface area contributed by atoms with Crippen molar-refractivity contribution in [1.29, 1.82) is 0 Å². The van der Waals surface area contributed by atoms with Crippen LogP contribution in [0.4, 0.5) is 0 Å². The molecule has 0 aliphatic rings. The van der Waals surface area contributed by atoms with Gasteiger partial charge >= 0.3 is 0 Å². The molecule has 0 spiro atoms. The first-order valence-electron chi connectivity index (χ1n) is 6.17. The van der Waals surface area contributed by atoms with Gasteiger partial charge in [0.25, 0.3) is 0 Å². The molecule has 0 saturated carbocycles. The molecule has 0 aromatic carbocycles. The van der Waals surface area contributed by atoms with Crippen LogP contribution in [0.3, 0.4) is 0 Å². The molecule has 98 valence electrons. The molecule has 6 nitrogen and oxygen atoms in total. The molecular formula is C12H20N6. The van der Waals surface area contributed by atoms with Gasteiger partial charge in [0.15, 0.2) is 0 Å². The molecule has 0 aliphatic heterocycles. The third-order valence-corrected chi connectivity index (χ3v) is 3.34. The molecule has 1 unspecified atom stereocenters. The summed E-state index contributed by atoms with van der Waals surface area (Å²) in [6, 6.07) is 0.0539. The van der Waals surface area contributed by atoms with Crippen molar-refractivity contribution in [2.75, 3.05) is 0 Å². The Hall–Kier alpha value is -1.69. The summed E-state index contributed by atoms with van der Waals surface area (Å²) in [6.07, 6.45) is 2.47. The van der Waals surface area contributed by atoms with Crippen LogP contribution in [0.1, 0.15) is 42.2 Å². The Kier molecular flexibility index (Phi) is 3.47. The van der Waals surface area contributed by atoms with Gasteiger partial charge in [-0.15, -0.1) is 0 Å². The van der Waals surface area contributed by atoms with Crippen LogP contribution in [-0.2, 0) is 13.6 Å². The van der Waals surface area contributed by atoms with E-state index in [1.54, 1.807) is 11.0 Å². The molecule has 0 saturated heterocycles. The minimum Gasteiger partial charge on any atom is -0.324 e. The highest BCUT2D eigenvalue weighted by molar-refractivity contribution is 5.28. The largest absolute Gasteiger partial charge is 0.324 e. The highest BCUT2D eigenvalue weighted by atomic mass is 15.4. The van der Waals surface area contributed by atoms with E-state index < -0.39 is 0 Å². The van der Waals surface area contributed by atoms with Gasteiger partial charge in [0, 0.05) is 24.3 Å². The number of aromatic nitrogens is 5. The molecule has 2 aromatic rings. The molecule has 2 aromatic heterocycles. The maximum absolute atomic E-state index is 6.13. The van der Waals surface area contributed by atoms with Crippen LogP contribution in [0, 0.1) is 13.8 Å². The Morgan fingerprint density at radius 1 is 1.39 bits per heavy atom. The standard InChI is InChI=1S/C12H20N6/c1-5-10(13)12-8(2)16-18(9(12)3)6-11-14-7-15-17(11)4/h7,10H,5-6,13H2,1-4H3.